The third kappa shape index (κ3) is 4.85. The van der Waals surface area contributed by atoms with Crippen LogP contribution in [0.3, 0.4) is 0 Å². The van der Waals surface area contributed by atoms with Gasteiger partial charge in [0.25, 0.3) is 0 Å². The van der Waals surface area contributed by atoms with E-state index < -0.39 is 0 Å². The molecule has 0 bridgehead atoms. The number of anilines is 2. The molecular formula is C25H31N9. The Labute approximate surface area is 199 Å². The SMILES string of the molecule is NCCC(Nc1nccc(-c2cnc3c(N[C@H]4CC[C@H](N)CC4)nccn23)n1)c1ccccc1. The van der Waals surface area contributed by atoms with E-state index >= 15 is 0 Å². The van der Waals surface area contributed by atoms with Crippen LogP contribution in [0.2, 0.25) is 0 Å². The zero-order valence-electron chi connectivity index (χ0n) is 19.1. The molecule has 1 aliphatic carbocycles. The van der Waals surface area contributed by atoms with Crippen LogP contribution >= 0.6 is 0 Å². The average Bonchev–Trinajstić information content (AvgIpc) is 3.31. The summed E-state index contributed by atoms with van der Waals surface area (Å²) in [6.45, 7) is 0.565. The summed E-state index contributed by atoms with van der Waals surface area (Å²) in [6, 6.07) is 12.8. The molecule has 34 heavy (non-hydrogen) atoms. The number of nitrogens with one attached hydrogen (secondary N) is 2. The monoisotopic (exact) mass is 457 g/mol. The number of aromatic nitrogens is 5. The fourth-order valence-corrected chi connectivity index (χ4v) is 4.57. The van der Waals surface area contributed by atoms with E-state index in [4.69, 9.17) is 16.5 Å². The van der Waals surface area contributed by atoms with Crippen molar-refractivity contribution in [3.05, 3.63) is 66.7 Å². The molecule has 5 rings (SSSR count). The lowest BCUT2D eigenvalue weighted by Crippen LogP contribution is -2.33. The fraction of sp³-hybridized carbons (Fsp3) is 0.360. The third-order valence-corrected chi connectivity index (χ3v) is 6.42. The molecule has 0 radical (unpaired) electrons. The lowest BCUT2D eigenvalue weighted by atomic mass is 9.92. The topological polar surface area (TPSA) is 132 Å². The number of fused-ring (bicyclic) bond motifs is 1. The average molecular weight is 458 g/mol. The quantitative estimate of drug-likeness (QED) is 0.317. The molecule has 3 aromatic heterocycles. The third-order valence-electron chi connectivity index (χ3n) is 6.42. The summed E-state index contributed by atoms with van der Waals surface area (Å²) in [5.74, 6) is 1.34. The van der Waals surface area contributed by atoms with Crippen molar-refractivity contribution in [2.24, 2.45) is 11.5 Å². The smallest absolute Gasteiger partial charge is 0.223 e. The van der Waals surface area contributed by atoms with Crippen molar-refractivity contribution in [3.63, 3.8) is 0 Å². The first kappa shape index (κ1) is 22.2. The highest BCUT2D eigenvalue weighted by Gasteiger charge is 2.20. The van der Waals surface area contributed by atoms with Gasteiger partial charge in [0.15, 0.2) is 11.5 Å². The van der Waals surface area contributed by atoms with Gasteiger partial charge >= 0.3 is 0 Å². The summed E-state index contributed by atoms with van der Waals surface area (Å²) in [7, 11) is 0. The van der Waals surface area contributed by atoms with Crippen molar-refractivity contribution in [2.45, 2.75) is 50.2 Å². The molecule has 0 amide bonds. The molecule has 9 heteroatoms. The van der Waals surface area contributed by atoms with Gasteiger partial charge in [0.2, 0.25) is 5.95 Å². The molecule has 3 heterocycles. The van der Waals surface area contributed by atoms with Crippen LogP contribution in [0.4, 0.5) is 11.8 Å². The predicted molar refractivity (Wildman–Crippen MR) is 134 cm³/mol. The zero-order chi connectivity index (χ0) is 23.3. The van der Waals surface area contributed by atoms with Crippen molar-refractivity contribution in [1.29, 1.82) is 0 Å². The summed E-state index contributed by atoms with van der Waals surface area (Å²) in [4.78, 5) is 18.5. The Morgan fingerprint density at radius 2 is 1.82 bits per heavy atom. The summed E-state index contributed by atoms with van der Waals surface area (Å²) in [6.07, 6.45) is 12.2. The van der Waals surface area contributed by atoms with Gasteiger partial charge in [-0.15, -0.1) is 0 Å². The molecule has 0 aliphatic heterocycles. The maximum Gasteiger partial charge on any atom is 0.223 e. The number of rotatable bonds is 8. The van der Waals surface area contributed by atoms with E-state index in [1.165, 1.54) is 0 Å². The summed E-state index contributed by atoms with van der Waals surface area (Å²) in [5, 5.41) is 7.02. The molecule has 1 aromatic carbocycles. The van der Waals surface area contributed by atoms with Crippen molar-refractivity contribution in [2.75, 3.05) is 17.2 Å². The normalized spacial score (nSPS) is 19.1. The van der Waals surface area contributed by atoms with Gasteiger partial charge < -0.3 is 22.1 Å². The van der Waals surface area contributed by atoms with E-state index in [9.17, 15) is 0 Å². The highest BCUT2D eigenvalue weighted by molar-refractivity contribution is 5.69. The lowest BCUT2D eigenvalue weighted by Gasteiger charge is -2.27. The minimum atomic E-state index is 0.0345. The van der Waals surface area contributed by atoms with Gasteiger partial charge in [0, 0.05) is 30.7 Å². The van der Waals surface area contributed by atoms with Gasteiger partial charge in [-0.2, -0.15) is 0 Å². The number of imidazole rings is 1. The van der Waals surface area contributed by atoms with Crippen molar-refractivity contribution in [1.82, 2.24) is 24.3 Å². The van der Waals surface area contributed by atoms with E-state index in [1.54, 1.807) is 12.4 Å². The Morgan fingerprint density at radius 3 is 2.62 bits per heavy atom. The van der Waals surface area contributed by atoms with Gasteiger partial charge in [-0.05, 0) is 50.3 Å². The van der Waals surface area contributed by atoms with E-state index in [0.717, 1.165) is 60.5 Å². The number of nitrogens with two attached hydrogens (primary N) is 2. The minimum Gasteiger partial charge on any atom is -0.364 e. The second kappa shape index (κ2) is 10.1. The van der Waals surface area contributed by atoms with E-state index in [2.05, 4.69) is 37.7 Å². The first-order chi connectivity index (χ1) is 16.7. The van der Waals surface area contributed by atoms with Gasteiger partial charge in [0.05, 0.1) is 23.6 Å². The molecule has 1 unspecified atom stereocenters. The number of nitrogens with zero attached hydrogens (tertiary/aromatic N) is 5. The largest absolute Gasteiger partial charge is 0.364 e. The molecule has 1 fully saturated rings. The molecule has 176 valence electrons. The van der Waals surface area contributed by atoms with E-state index in [0.29, 0.717) is 24.6 Å². The summed E-state index contributed by atoms with van der Waals surface area (Å²) >= 11 is 0. The zero-order valence-corrected chi connectivity index (χ0v) is 19.1. The number of hydrogen-bond donors (Lipinski definition) is 4. The Hall–Kier alpha value is -3.56. The lowest BCUT2D eigenvalue weighted by molar-refractivity contribution is 0.410. The van der Waals surface area contributed by atoms with Crippen molar-refractivity contribution < 1.29 is 0 Å². The second-order valence-corrected chi connectivity index (χ2v) is 8.82. The Balaban J connectivity index is 1.39. The predicted octanol–water partition coefficient (Wildman–Crippen LogP) is 3.37. The molecule has 0 spiro atoms. The standard InChI is InChI=1S/C25H31N9/c26-12-10-20(17-4-2-1-3-5-17)32-25-29-13-11-21(33-25)22-16-30-24-23(28-14-15-34(22)24)31-19-8-6-18(27)7-9-19/h1-5,11,13-16,18-20H,6-10,12,26-27H2,(H,28,31)(H,29,32,33)/t18-,19-,20?. The Morgan fingerprint density at radius 1 is 1.00 bits per heavy atom. The van der Waals surface area contributed by atoms with Gasteiger partial charge in [0.1, 0.15) is 0 Å². The number of benzene rings is 1. The first-order valence-electron chi connectivity index (χ1n) is 11.9. The second-order valence-electron chi connectivity index (χ2n) is 8.82. The van der Waals surface area contributed by atoms with Crippen LogP contribution < -0.4 is 22.1 Å². The van der Waals surface area contributed by atoms with Crippen LogP contribution in [0.5, 0.6) is 0 Å². The first-order valence-corrected chi connectivity index (χ1v) is 11.9. The fourth-order valence-electron chi connectivity index (χ4n) is 4.57. The van der Waals surface area contributed by atoms with Crippen LogP contribution in [-0.4, -0.2) is 43.0 Å². The Kier molecular flexibility index (Phi) is 6.64. The maximum absolute atomic E-state index is 6.06. The van der Waals surface area contributed by atoms with Gasteiger partial charge in [-0.25, -0.2) is 19.9 Å². The number of hydrogen-bond acceptors (Lipinski definition) is 8. The maximum atomic E-state index is 6.06. The van der Waals surface area contributed by atoms with Crippen LogP contribution in [0.1, 0.15) is 43.7 Å². The van der Waals surface area contributed by atoms with Crippen LogP contribution in [-0.2, 0) is 0 Å². The van der Waals surface area contributed by atoms with Crippen molar-refractivity contribution in [3.8, 4) is 11.4 Å². The molecule has 6 N–H and O–H groups in total. The summed E-state index contributed by atoms with van der Waals surface area (Å²) in [5.41, 5.74) is 15.5. The van der Waals surface area contributed by atoms with Gasteiger partial charge in [-0.3, -0.25) is 4.40 Å². The Bertz CT molecular complexity index is 1220. The molecule has 4 aromatic rings. The highest BCUT2D eigenvalue weighted by Crippen LogP contribution is 2.26. The highest BCUT2D eigenvalue weighted by atomic mass is 15.1. The molecular weight excluding hydrogens is 426 g/mol. The van der Waals surface area contributed by atoms with Crippen LogP contribution in [0.15, 0.2) is 61.2 Å². The molecule has 1 saturated carbocycles. The molecule has 1 aliphatic rings. The molecule has 1 atom stereocenters. The molecule has 9 nitrogen and oxygen atoms in total. The van der Waals surface area contributed by atoms with Gasteiger partial charge in [-0.1, -0.05) is 30.3 Å². The minimum absolute atomic E-state index is 0.0345. The van der Waals surface area contributed by atoms with E-state index in [1.807, 2.05) is 41.1 Å². The molecule has 0 saturated heterocycles. The van der Waals surface area contributed by atoms with Crippen molar-refractivity contribution >= 4 is 17.4 Å². The van der Waals surface area contributed by atoms with E-state index in [-0.39, 0.29) is 6.04 Å². The van der Waals surface area contributed by atoms with Crippen LogP contribution in [0.25, 0.3) is 17.0 Å². The van der Waals surface area contributed by atoms with Crippen LogP contribution in [0, 0.1) is 0 Å². The summed E-state index contributed by atoms with van der Waals surface area (Å²) < 4.78 is 2.02.